The van der Waals surface area contributed by atoms with Crippen molar-refractivity contribution < 1.29 is 4.74 Å². The van der Waals surface area contributed by atoms with Crippen molar-refractivity contribution in [3.8, 4) is 5.75 Å². The number of hydrogen-bond donors (Lipinski definition) is 2. The molecule has 1 heterocycles. The molecule has 0 atom stereocenters. The Morgan fingerprint density at radius 1 is 1.46 bits per heavy atom. The number of benzene rings is 1. The number of hydrogen-bond acceptors (Lipinski definition) is 4. The molecule has 1 aromatic heterocycles. The highest BCUT2D eigenvalue weighted by molar-refractivity contribution is 14.0. The summed E-state index contributed by atoms with van der Waals surface area (Å²) >= 11 is 6.08. The quantitative estimate of drug-likeness (QED) is 0.404. The zero-order chi connectivity index (χ0) is 17.0. The summed E-state index contributed by atoms with van der Waals surface area (Å²) < 4.78 is 7.08. The molecule has 3 N–H and O–H groups in total. The van der Waals surface area contributed by atoms with Crippen molar-refractivity contribution in [2.75, 3.05) is 31.4 Å². The van der Waals surface area contributed by atoms with Crippen molar-refractivity contribution in [2.24, 2.45) is 17.8 Å². The molecular formula is C15H22ClIN6O. The second kappa shape index (κ2) is 8.97. The lowest BCUT2D eigenvalue weighted by Gasteiger charge is -2.12. The number of nitrogens with zero attached hydrogens (tertiary/aromatic N) is 4. The first-order valence-electron chi connectivity index (χ1n) is 7.00. The maximum Gasteiger partial charge on any atom is 0.204 e. The van der Waals surface area contributed by atoms with Crippen LogP contribution in [0.5, 0.6) is 5.75 Å². The summed E-state index contributed by atoms with van der Waals surface area (Å²) in [6, 6.07) is 5.32. The molecule has 0 fully saturated rings. The molecule has 0 aliphatic heterocycles. The summed E-state index contributed by atoms with van der Waals surface area (Å²) in [6.07, 6.45) is 1.79. The van der Waals surface area contributed by atoms with Crippen LogP contribution in [-0.4, -0.2) is 36.7 Å². The van der Waals surface area contributed by atoms with Crippen LogP contribution in [0.15, 0.2) is 29.4 Å². The van der Waals surface area contributed by atoms with E-state index in [1.165, 1.54) is 0 Å². The van der Waals surface area contributed by atoms with Gasteiger partial charge in [0.2, 0.25) is 5.95 Å². The Balaban J connectivity index is 0.00000288. The molecule has 0 aliphatic carbocycles. The van der Waals surface area contributed by atoms with E-state index in [2.05, 4.69) is 15.3 Å². The van der Waals surface area contributed by atoms with Gasteiger partial charge in [0.15, 0.2) is 5.96 Å². The molecule has 1 aromatic carbocycles. The minimum Gasteiger partial charge on any atom is -0.495 e. The number of anilines is 2. The minimum absolute atomic E-state index is 0. The van der Waals surface area contributed by atoms with Gasteiger partial charge in [-0.1, -0.05) is 11.6 Å². The van der Waals surface area contributed by atoms with E-state index in [9.17, 15) is 0 Å². The molecule has 0 unspecified atom stereocenters. The summed E-state index contributed by atoms with van der Waals surface area (Å²) in [5.41, 5.74) is 7.63. The van der Waals surface area contributed by atoms with Gasteiger partial charge in [0.1, 0.15) is 5.75 Å². The lowest BCUT2D eigenvalue weighted by Crippen LogP contribution is -2.22. The van der Waals surface area contributed by atoms with E-state index in [1.54, 1.807) is 25.4 Å². The van der Waals surface area contributed by atoms with Crippen LogP contribution in [-0.2, 0) is 13.6 Å². The first kappa shape index (κ1) is 20.4. The van der Waals surface area contributed by atoms with Crippen LogP contribution >= 0.6 is 35.6 Å². The molecule has 0 aliphatic rings. The highest BCUT2D eigenvalue weighted by Crippen LogP contribution is 2.27. The first-order valence-corrected chi connectivity index (χ1v) is 7.38. The number of halogens is 2. The normalized spacial score (nSPS) is 11.0. The molecule has 0 saturated heterocycles. The number of aliphatic imine (C=N–C) groups is 1. The number of imidazole rings is 1. The Kier molecular flexibility index (Phi) is 7.61. The summed E-state index contributed by atoms with van der Waals surface area (Å²) in [4.78, 5) is 10.6. The smallest absolute Gasteiger partial charge is 0.204 e. The van der Waals surface area contributed by atoms with Crippen molar-refractivity contribution in [3.05, 3.63) is 35.1 Å². The number of methoxy groups -OCH3 is 1. The molecule has 0 amide bonds. The van der Waals surface area contributed by atoms with E-state index in [-0.39, 0.29) is 24.0 Å². The number of aromatic nitrogens is 2. The van der Waals surface area contributed by atoms with Gasteiger partial charge >= 0.3 is 0 Å². The van der Waals surface area contributed by atoms with Crippen LogP contribution in [0.1, 0.15) is 5.69 Å². The van der Waals surface area contributed by atoms with Gasteiger partial charge < -0.3 is 25.3 Å². The van der Waals surface area contributed by atoms with Gasteiger partial charge in [-0.25, -0.2) is 9.98 Å². The van der Waals surface area contributed by atoms with Crippen LogP contribution in [0.3, 0.4) is 0 Å². The Morgan fingerprint density at radius 3 is 2.71 bits per heavy atom. The van der Waals surface area contributed by atoms with Gasteiger partial charge in [0, 0.05) is 26.8 Å². The highest BCUT2D eigenvalue weighted by atomic mass is 127. The zero-order valence-corrected chi connectivity index (χ0v) is 17.2. The van der Waals surface area contributed by atoms with Gasteiger partial charge in [-0.15, -0.1) is 24.0 Å². The third-order valence-corrected chi connectivity index (χ3v) is 3.59. The Labute approximate surface area is 163 Å². The third kappa shape index (κ3) is 4.91. The molecule has 0 radical (unpaired) electrons. The third-order valence-electron chi connectivity index (χ3n) is 3.30. The lowest BCUT2D eigenvalue weighted by molar-refractivity contribution is 0.415. The molecule has 2 rings (SSSR count). The Morgan fingerprint density at radius 2 is 2.17 bits per heavy atom. The van der Waals surface area contributed by atoms with Crippen LogP contribution in [0.2, 0.25) is 5.02 Å². The van der Waals surface area contributed by atoms with Gasteiger partial charge in [-0.05, 0) is 18.2 Å². The fraction of sp³-hybridized carbons (Fsp3) is 0.333. The standard InChI is InChI=1S/C15H21ClN6O.HI/c1-21(2)15-19-9-11(22(15)3)8-18-14(17)20-10-5-6-13(23-4)12(16)7-10;/h5-7,9H,8H2,1-4H3,(H3,17,18,20);1H. The molecule has 24 heavy (non-hydrogen) atoms. The maximum absolute atomic E-state index is 6.08. The summed E-state index contributed by atoms with van der Waals surface area (Å²) in [6.45, 7) is 0.431. The topological polar surface area (TPSA) is 80.7 Å². The monoisotopic (exact) mass is 464 g/mol. The van der Waals surface area contributed by atoms with E-state index in [0.717, 1.165) is 17.3 Å². The van der Waals surface area contributed by atoms with E-state index in [4.69, 9.17) is 22.1 Å². The van der Waals surface area contributed by atoms with Gasteiger partial charge in [0.05, 0.1) is 30.6 Å². The molecule has 7 nitrogen and oxygen atoms in total. The number of nitrogens with one attached hydrogen (secondary N) is 1. The largest absolute Gasteiger partial charge is 0.495 e. The Hall–Kier alpha value is -1.68. The van der Waals surface area contributed by atoms with E-state index in [1.807, 2.05) is 36.7 Å². The first-order chi connectivity index (χ1) is 10.9. The number of guanidine groups is 1. The van der Waals surface area contributed by atoms with Crippen molar-refractivity contribution in [1.29, 1.82) is 0 Å². The Bertz CT molecular complexity index is 716. The van der Waals surface area contributed by atoms with E-state index < -0.39 is 0 Å². The van der Waals surface area contributed by atoms with E-state index >= 15 is 0 Å². The summed E-state index contributed by atoms with van der Waals surface area (Å²) in [5.74, 6) is 1.78. The molecular weight excluding hydrogens is 443 g/mol. The maximum atomic E-state index is 6.08. The van der Waals surface area contributed by atoms with Gasteiger partial charge in [-0.3, -0.25) is 0 Å². The van der Waals surface area contributed by atoms with Crippen molar-refractivity contribution in [3.63, 3.8) is 0 Å². The number of rotatable bonds is 5. The van der Waals surface area contributed by atoms with Crippen molar-refractivity contribution >= 4 is 53.2 Å². The average molecular weight is 465 g/mol. The van der Waals surface area contributed by atoms with Gasteiger partial charge in [0.25, 0.3) is 0 Å². The fourth-order valence-corrected chi connectivity index (χ4v) is 2.35. The van der Waals surface area contributed by atoms with E-state index in [0.29, 0.717) is 23.3 Å². The molecule has 0 saturated carbocycles. The predicted octanol–water partition coefficient (Wildman–Crippen LogP) is 2.69. The molecule has 2 aromatic rings. The average Bonchev–Trinajstić information content (AvgIpc) is 2.86. The SMILES string of the molecule is COc1ccc(NC(N)=NCc2cnc(N(C)C)n2C)cc1Cl.I. The molecule has 9 heteroatoms. The molecule has 0 spiro atoms. The zero-order valence-electron chi connectivity index (χ0n) is 14.1. The lowest BCUT2D eigenvalue weighted by atomic mass is 10.3. The summed E-state index contributed by atoms with van der Waals surface area (Å²) in [5, 5.41) is 3.51. The second-order valence-electron chi connectivity index (χ2n) is 5.18. The van der Waals surface area contributed by atoms with Crippen molar-refractivity contribution in [1.82, 2.24) is 9.55 Å². The van der Waals surface area contributed by atoms with Crippen LogP contribution < -0.4 is 20.7 Å². The predicted molar refractivity (Wildman–Crippen MR) is 110 cm³/mol. The highest BCUT2D eigenvalue weighted by Gasteiger charge is 2.07. The number of ether oxygens (including phenoxy) is 1. The van der Waals surface area contributed by atoms with Crippen LogP contribution in [0.25, 0.3) is 0 Å². The van der Waals surface area contributed by atoms with Crippen molar-refractivity contribution in [2.45, 2.75) is 6.54 Å². The molecule has 132 valence electrons. The number of nitrogens with two attached hydrogens (primary N) is 1. The van der Waals surface area contributed by atoms with Crippen LogP contribution in [0.4, 0.5) is 11.6 Å². The minimum atomic E-state index is 0. The van der Waals surface area contributed by atoms with Crippen LogP contribution in [0, 0.1) is 0 Å². The second-order valence-corrected chi connectivity index (χ2v) is 5.59. The van der Waals surface area contributed by atoms with Gasteiger partial charge in [-0.2, -0.15) is 0 Å². The molecule has 0 bridgehead atoms. The summed E-state index contributed by atoms with van der Waals surface area (Å²) in [7, 11) is 7.40. The fourth-order valence-electron chi connectivity index (χ4n) is 2.09.